The summed E-state index contributed by atoms with van der Waals surface area (Å²) in [6.07, 6.45) is 8.11. The van der Waals surface area contributed by atoms with E-state index in [1.807, 2.05) is 12.5 Å². The average molecular weight is 385 g/mol. The van der Waals surface area contributed by atoms with Crippen molar-refractivity contribution in [1.29, 1.82) is 0 Å². The normalized spacial score (nSPS) is 13.0. The predicted octanol–water partition coefficient (Wildman–Crippen LogP) is 5.19. The number of allylic oxidation sites excluding steroid dienone is 1. The van der Waals surface area contributed by atoms with Crippen molar-refractivity contribution >= 4 is 11.6 Å². The first-order chi connectivity index (χ1) is 13.8. The van der Waals surface area contributed by atoms with Gasteiger partial charge in [-0.3, -0.25) is 4.98 Å². The molecule has 1 aliphatic rings. The van der Waals surface area contributed by atoms with Crippen LogP contribution in [0.3, 0.4) is 0 Å². The second-order valence-electron chi connectivity index (χ2n) is 8.82. The number of fused-ring (bicyclic) bond motifs is 1. The molecule has 0 saturated heterocycles. The zero-order valence-electron chi connectivity index (χ0n) is 18.4. The van der Waals surface area contributed by atoms with Gasteiger partial charge in [0, 0.05) is 18.2 Å². The van der Waals surface area contributed by atoms with Gasteiger partial charge in [-0.1, -0.05) is 31.5 Å². The SMILES string of the molecule is Cc1cc(C)c(C)c(-c2c3c(nc[n+]2C)C=C(c2ccc(CC(C)C)cn2)C3)c1. The molecule has 1 aliphatic carbocycles. The van der Waals surface area contributed by atoms with E-state index in [-0.39, 0.29) is 0 Å². The molecule has 0 aliphatic heterocycles. The van der Waals surface area contributed by atoms with Gasteiger partial charge in [0.1, 0.15) is 5.69 Å². The molecule has 0 saturated carbocycles. The maximum absolute atomic E-state index is 4.76. The van der Waals surface area contributed by atoms with Gasteiger partial charge >= 0.3 is 0 Å². The molecule has 0 N–H and O–H groups in total. The van der Waals surface area contributed by atoms with Crippen LogP contribution in [-0.2, 0) is 19.9 Å². The second kappa shape index (κ2) is 7.55. The van der Waals surface area contributed by atoms with Gasteiger partial charge in [0.15, 0.2) is 5.69 Å². The van der Waals surface area contributed by atoms with E-state index in [2.05, 4.69) is 76.6 Å². The fraction of sp³-hybridized carbons (Fsp3) is 0.346. The first kappa shape index (κ1) is 19.5. The quantitative estimate of drug-likeness (QED) is 0.580. The largest absolute Gasteiger partial charge is 0.287 e. The number of benzene rings is 1. The molecule has 3 aromatic rings. The van der Waals surface area contributed by atoms with E-state index in [1.165, 1.54) is 44.6 Å². The molecular weight excluding hydrogens is 354 g/mol. The van der Waals surface area contributed by atoms with Crippen LogP contribution in [0.2, 0.25) is 0 Å². The van der Waals surface area contributed by atoms with Crippen molar-refractivity contribution in [3.63, 3.8) is 0 Å². The third-order valence-electron chi connectivity index (χ3n) is 5.86. The van der Waals surface area contributed by atoms with Crippen LogP contribution in [-0.4, -0.2) is 9.97 Å². The summed E-state index contributed by atoms with van der Waals surface area (Å²) in [4.78, 5) is 9.48. The molecule has 0 spiro atoms. The van der Waals surface area contributed by atoms with Crippen molar-refractivity contribution in [1.82, 2.24) is 9.97 Å². The molecule has 3 heteroatoms. The molecule has 2 heterocycles. The average Bonchev–Trinajstić information content (AvgIpc) is 3.09. The molecule has 0 bridgehead atoms. The van der Waals surface area contributed by atoms with E-state index < -0.39 is 0 Å². The van der Waals surface area contributed by atoms with E-state index in [0.717, 1.165) is 24.2 Å². The monoisotopic (exact) mass is 384 g/mol. The highest BCUT2D eigenvalue weighted by molar-refractivity contribution is 5.89. The third-order valence-corrected chi connectivity index (χ3v) is 5.86. The summed E-state index contributed by atoms with van der Waals surface area (Å²) >= 11 is 0. The lowest BCUT2D eigenvalue weighted by molar-refractivity contribution is -0.663. The minimum absolute atomic E-state index is 0.644. The van der Waals surface area contributed by atoms with Crippen LogP contribution in [0.4, 0.5) is 0 Å². The van der Waals surface area contributed by atoms with Gasteiger partial charge in [-0.2, -0.15) is 0 Å². The highest BCUT2D eigenvalue weighted by atomic mass is 15.0. The number of rotatable bonds is 4. The Bertz CT molecular complexity index is 1110. The number of aryl methyl sites for hydroxylation is 3. The summed E-state index contributed by atoms with van der Waals surface area (Å²) in [7, 11) is 2.09. The van der Waals surface area contributed by atoms with E-state index >= 15 is 0 Å². The minimum atomic E-state index is 0.644. The maximum atomic E-state index is 4.76. The fourth-order valence-electron chi connectivity index (χ4n) is 4.33. The number of hydrogen-bond donors (Lipinski definition) is 0. The fourth-order valence-corrected chi connectivity index (χ4v) is 4.33. The Morgan fingerprint density at radius 2 is 1.86 bits per heavy atom. The number of pyridine rings is 1. The number of aromatic nitrogens is 3. The Morgan fingerprint density at radius 3 is 2.55 bits per heavy atom. The zero-order valence-corrected chi connectivity index (χ0v) is 18.4. The summed E-state index contributed by atoms with van der Waals surface area (Å²) in [5.41, 5.74) is 12.5. The Labute approximate surface area is 174 Å². The van der Waals surface area contributed by atoms with Crippen LogP contribution >= 0.6 is 0 Å². The summed E-state index contributed by atoms with van der Waals surface area (Å²) < 4.78 is 2.16. The molecule has 0 radical (unpaired) electrons. The summed E-state index contributed by atoms with van der Waals surface area (Å²) in [5.74, 6) is 0.644. The summed E-state index contributed by atoms with van der Waals surface area (Å²) in [6, 6.07) is 8.94. The van der Waals surface area contributed by atoms with Gasteiger partial charge in [0.05, 0.1) is 18.3 Å². The van der Waals surface area contributed by atoms with Gasteiger partial charge in [-0.05, 0) is 78.6 Å². The van der Waals surface area contributed by atoms with Gasteiger partial charge < -0.3 is 0 Å². The van der Waals surface area contributed by atoms with E-state index in [1.54, 1.807) is 0 Å². The molecule has 4 rings (SSSR count). The molecule has 0 amide bonds. The molecule has 1 aromatic carbocycles. The van der Waals surface area contributed by atoms with Crippen LogP contribution < -0.4 is 4.57 Å². The topological polar surface area (TPSA) is 29.7 Å². The first-order valence-corrected chi connectivity index (χ1v) is 10.4. The smallest absolute Gasteiger partial charge is 0.256 e. The Hall–Kier alpha value is -2.81. The number of hydrogen-bond acceptors (Lipinski definition) is 2. The van der Waals surface area contributed by atoms with Gasteiger partial charge in [-0.15, -0.1) is 0 Å². The van der Waals surface area contributed by atoms with Crippen LogP contribution in [0, 0.1) is 26.7 Å². The summed E-state index contributed by atoms with van der Waals surface area (Å²) in [5, 5.41) is 0. The standard InChI is InChI=1S/C26H30N3/c1-16(2)9-20-7-8-24(27-14-20)21-12-23-25(13-21)28-15-29(6)26(23)22-11-17(3)10-18(4)19(22)5/h7-8,10-11,13-16H,9,12H2,1-6H3/q+1. The van der Waals surface area contributed by atoms with E-state index in [4.69, 9.17) is 9.97 Å². The molecule has 2 aromatic heterocycles. The van der Waals surface area contributed by atoms with Crippen molar-refractivity contribution in [2.24, 2.45) is 13.0 Å². The zero-order chi connectivity index (χ0) is 20.7. The van der Waals surface area contributed by atoms with Gasteiger partial charge in [0.2, 0.25) is 0 Å². The predicted molar refractivity (Wildman–Crippen MR) is 119 cm³/mol. The minimum Gasteiger partial charge on any atom is -0.256 e. The van der Waals surface area contributed by atoms with Crippen LogP contribution in [0.15, 0.2) is 36.8 Å². The van der Waals surface area contributed by atoms with Gasteiger partial charge in [-0.25, -0.2) is 4.57 Å². The van der Waals surface area contributed by atoms with Crippen molar-refractivity contribution in [2.75, 3.05) is 0 Å². The van der Waals surface area contributed by atoms with Crippen molar-refractivity contribution in [3.05, 3.63) is 76.0 Å². The molecule has 29 heavy (non-hydrogen) atoms. The lowest BCUT2D eigenvalue weighted by Gasteiger charge is -2.13. The molecule has 0 fully saturated rings. The van der Waals surface area contributed by atoms with Crippen molar-refractivity contribution in [2.45, 2.75) is 47.5 Å². The lowest BCUT2D eigenvalue weighted by Crippen LogP contribution is -2.33. The molecule has 148 valence electrons. The molecule has 0 atom stereocenters. The number of nitrogens with zero attached hydrogens (tertiary/aromatic N) is 3. The maximum Gasteiger partial charge on any atom is 0.287 e. The van der Waals surface area contributed by atoms with Gasteiger partial charge in [0.25, 0.3) is 6.33 Å². The van der Waals surface area contributed by atoms with Crippen LogP contribution in [0.25, 0.3) is 22.9 Å². The van der Waals surface area contributed by atoms with E-state index in [9.17, 15) is 0 Å². The molecule has 0 unspecified atom stereocenters. The Balaban J connectivity index is 1.73. The highest BCUT2D eigenvalue weighted by Crippen LogP contribution is 2.36. The highest BCUT2D eigenvalue weighted by Gasteiger charge is 2.28. The van der Waals surface area contributed by atoms with Crippen molar-refractivity contribution in [3.8, 4) is 11.3 Å². The molecular formula is C26H30N3+. The van der Waals surface area contributed by atoms with Crippen LogP contribution in [0.5, 0.6) is 0 Å². The third kappa shape index (κ3) is 3.74. The molecule has 3 nitrogen and oxygen atoms in total. The van der Waals surface area contributed by atoms with E-state index in [0.29, 0.717) is 5.92 Å². The van der Waals surface area contributed by atoms with Crippen LogP contribution in [0.1, 0.15) is 53.1 Å². The Morgan fingerprint density at radius 1 is 1.07 bits per heavy atom. The van der Waals surface area contributed by atoms with Crippen molar-refractivity contribution < 1.29 is 4.57 Å². The summed E-state index contributed by atoms with van der Waals surface area (Å²) in [6.45, 7) is 11.1. The second-order valence-corrected chi connectivity index (χ2v) is 8.82. The Kier molecular flexibility index (Phi) is 5.08. The lowest BCUT2D eigenvalue weighted by atomic mass is 9.94. The first-order valence-electron chi connectivity index (χ1n) is 10.4.